The highest BCUT2D eigenvalue weighted by molar-refractivity contribution is 5.00. The first-order valence-electron chi connectivity index (χ1n) is 4.31. The highest BCUT2D eigenvalue weighted by atomic mass is 14.2. The Balaban J connectivity index is 3.93. The van der Waals surface area contributed by atoms with Gasteiger partial charge in [-0.1, -0.05) is 39.8 Å². The smallest absolute Gasteiger partial charge is 0.0186 e. The fourth-order valence-electron chi connectivity index (χ4n) is 1.49. The van der Waals surface area contributed by atoms with Gasteiger partial charge in [0.15, 0.2) is 0 Å². The molecule has 0 rings (SSSR count). The molecular weight excluding hydrogens is 120 g/mol. The van der Waals surface area contributed by atoms with E-state index >= 15 is 0 Å². The van der Waals surface area contributed by atoms with Crippen LogP contribution in [0, 0.1) is 11.8 Å². The summed E-state index contributed by atoms with van der Waals surface area (Å²) in [4.78, 5) is 0. The third-order valence-corrected chi connectivity index (χ3v) is 2.22. The van der Waals surface area contributed by atoms with Gasteiger partial charge in [0.25, 0.3) is 0 Å². The molecule has 0 saturated carbocycles. The Labute approximate surface area is 65.3 Å². The Kier molecular flexibility index (Phi) is 4.42. The second-order valence-electron chi connectivity index (χ2n) is 3.27. The molecule has 1 atom stereocenters. The van der Waals surface area contributed by atoms with Crippen LogP contribution in [-0.2, 0) is 0 Å². The minimum absolute atomic E-state index is 0.741. The molecular formula is C10H20. The molecule has 0 bridgehead atoms. The van der Waals surface area contributed by atoms with Crippen LogP contribution in [0.1, 0.15) is 40.5 Å². The normalized spacial score (nSPS) is 13.7. The van der Waals surface area contributed by atoms with E-state index in [9.17, 15) is 0 Å². The van der Waals surface area contributed by atoms with Crippen LogP contribution in [0.3, 0.4) is 0 Å². The van der Waals surface area contributed by atoms with Crippen molar-refractivity contribution >= 4 is 0 Å². The van der Waals surface area contributed by atoms with Crippen LogP contribution < -0.4 is 0 Å². The third-order valence-electron chi connectivity index (χ3n) is 2.22. The average molecular weight is 140 g/mol. The van der Waals surface area contributed by atoms with E-state index in [1.807, 2.05) is 0 Å². The molecule has 0 spiro atoms. The predicted molar refractivity (Wildman–Crippen MR) is 48.1 cm³/mol. The van der Waals surface area contributed by atoms with Gasteiger partial charge in [0.1, 0.15) is 0 Å². The summed E-state index contributed by atoms with van der Waals surface area (Å²) >= 11 is 0. The van der Waals surface area contributed by atoms with Crippen LogP contribution in [0.2, 0.25) is 0 Å². The Morgan fingerprint density at radius 3 is 1.90 bits per heavy atom. The van der Waals surface area contributed by atoms with Gasteiger partial charge in [-0.15, -0.1) is 0 Å². The van der Waals surface area contributed by atoms with Crippen molar-refractivity contribution in [3.05, 3.63) is 12.2 Å². The van der Waals surface area contributed by atoms with Crippen molar-refractivity contribution in [3.8, 4) is 0 Å². The van der Waals surface area contributed by atoms with Gasteiger partial charge >= 0.3 is 0 Å². The molecule has 0 aliphatic heterocycles. The zero-order valence-electron chi connectivity index (χ0n) is 7.78. The van der Waals surface area contributed by atoms with E-state index in [2.05, 4.69) is 34.3 Å². The first-order valence-corrected chi connectivity index (χ1v) is 4.31. The summed E-state index contributed by atoms with van der Waals surface area (Å²) in [5.74, 6) is 1.50. The maximum atomic E-state index is 4.07. The van der Waals surface area contributed by atoms with Gasteiger partial charge in [-0.2, -0.15) is 0 Å². The molecule has 0 aromatic heterocycles. The standard InChI is InChI=1S/C10H20/c1-6-9(5)10(7-2)8(3)4/h8,10H,5-7H2,1-4H3. The molecule has 0 nitrogen and oxygen atoms in total. The van der Waals surface area contributed by atoms with Gasteiger partial charge in [-0.3, -0.25) is 0 Å². The van der Waals surface area contributed by atoms with Crippen LogP contribution in [0.25, 0.3) is 0 Å². The number of hydrogen-bond donors (Lipinski definition) is 0. The first-order chi connectivity index (χ1) is 4.63. The topological polar surface area (TPSA) is 0 Å². The van der Waals surface area contributed by atoms with Gasteiger partial charge in [-0.05, 0) is 24.7 Å². The molecule has 10 heavy (non-hydrogen) atoms. The average Bonchev–Trinajstić information content (AvgIpc) is 1.88. The summed E-state index contributed by atoms with van der Waals surface area (Å²) in [6.07, 6.45) is 2.38. The molecule has 0 aromatic rings. The number of hydrogen-bond acceptors (Lipinski definition) is 0. The highest BCUT2D eigenvalue weighted by Crippen LogP contribution is 2.24. The molecule has 0 saturated heterocycles. The van der Waals surface area contributed by atoms with E-state index in [-0.39, 0.29) is 0 Å². The fourth-order valence-corrected chi connectivity index (χ4v) is 1.49. The lowest BCUT2D eigenvalue weighted by molar-refractivity contribution is 0.423. The molecule has 60 valence electrons. The Morgan fingerprint density at radius 2 is 1.80 bits per heavy atom. The Hall–Kier alpha value is -0.260. The molecule has 0 N–H and O–H groups in total. The zero-order chi connectivity index (χ0) is 8.15. The van der Waals surface area contributed by atoms with Crippen LogP contribution in [0.15, 0.2) is 12.2 Å². The predicted octanol–water partition coefficient (Wildman–Crippen LogP) is 3.63. The largest absolute Gasteiger partial charge is 0.0996 e. The van der Waals surface area contributed by atoms with Crippen LogP contribution in [0.4, 0.5) is 0 Å². The van der Waals surface area contributed by atoms with Crippen LogP contribution in [0.5, 0.6) is 0 Å². The monoisotopic (exact) mass is 140 g/mol. The zero-order valence-corrected chi connectivity index (χ0v) is 7.78. The molecule has 0 heteroatoms. The van der Waals surface area contributed by atoms with E-state index in [1.54, 1.807) is 0 Å². The first kappa shape index (κ1) is 9.74. The number of allylic oxidation sites excluding steroid dienone is 1. The van der Waals surface area contributed by atoms with E-state index in [4.69, 9.17) is 0 Å². The van der Waals surface area contributed by atoms with E-state index in [1.165, 1.54) is 12.0 Å². The van der Waals surface area contributed by atoms with Crippen molar-refractivity contribution in [2.45, 2.75) is 40.5 Å². The minimum Gasteiger partial charge on any atom is -0.0996 e. The molecule has 0 heterocycles. The summed E-state index contributed by atoms with van der Waals surface area (Å²) in [5.41, 5.74) is 1.41. The van der Waals surface area contributed by atoms with Crippen LogP contribution in [-0.4, -0.2) is 0 Å². The number of rotatable bonds is 4. The van der Waals surface area contributed by atoms with Gasteiger partial charge < -0.3 is 0 Å². The Morgan fingerprint density at radius 1 is 1.30 bits per heavy atom. The molecule has 0 aliphatic rings. The van der Waals surface area contributed by atoms with Gasteiger partial charge in [0, 0.05) is 0 Å². The lowest BCUT2D eigenvalue weighted by atomic mass is 9.86. The van der Waals surface area contributed by atoms with E-state index < -0.39 is 0 Å². The second kappa shape index (κ2) is 4.54. The SMILES string of the molecule is C=C(CC)C(CC)C(C)C. The molecule has 1 unspecified atom stereocenters. The summed E-state index contributed by atoms with van der Waals surface area (Å²) in [7, 11) is 0. The van der Waals surface area contributed by atoms with Gasteiger partial charge in [0.05, 0.1) is 0 Å². The van der Waals surface area contributed by atoms with Crippen molar-refractivity contribution in [1.82, 2.24) is 0 Å². The third kappa shape index (κ3) is 2.55. The molecule has 0 amide bonds. The van der Waals surface area contributed by atoms with Crippen molar-refractivity contribution in [3.63, 3.8) is 0 Å². The lowest BCUT2D eigenvalue weighted by Crippen LogP contribution is -2.09. The fraction of sp³-hybridized carbons (Fsp3) is 0.800. The molecule has 0 fully saturated rings. The highest BCUT2D eigenvalue weighted by Gasteiger charge is 2.12. The van der Waals surface area contributed by atoms with Gasteiger partial charge in [-0.25, -0.2) is 0 Å². The van der Waals surface area contributed by atoms with Crippen molar-refractivity contribution in [1.29, 1.82) is 0 Å². The van der Waals surface area contributed by atoms with Crippen LogP contribution >= 0.6 is 0 Å². The van der Waals surface area contributed by atoms with E-state index in [0.29, 0.717) is 0 Å². The Bertz CT molecular complexity index is 101. The van der Waals surface area contributed by atoms with Crippen molar-refractivity contribution in [2.24, 2.45) is 11.8 Å². The van der Waals surface area contributed by atoms with E-state index in [0.717, 1.165) is 18.3 Å². The van der Waals surface area contributed by atoms with Gasteiger partial charge in [0.2, 0.25) is 0 Å². The summed E-state index contributed by atoms with van der Waals surface area (Å²) in [6, 6.07) is 0. The maximum Gasteiger partial charge on any atom is -0.0186 e. The maximum absolute atomic E-state index is 4.07. The van der Waals surface area contributed by atoms with Crippen molar-refractivity contribution < 1.29 is 0 Å². The summed E-state index contributed by atoms with van der Waals surface area (Å²) in [5, 5.41) is 0. The summed E-state index contributed by atoms with van der Waals surface area (Å²) < 4.78 is 0. The molecule has 0 radical (unpaired) electrons. The lowest BCUT2D eigenvalue weighted by Gasteiger charge is -2.20. The molecule has 0 aliphatic carbocycles. The minimum atomic E-state index is 0.741. The molecule has 0 aromatic carbocycles. The quantitative estimate of drug-likeness (QED) is 0.523. The summed E-state index contributed by atoms with van der Waals surface area (Å²) in [6.45, 7) is 13.0. The second-order valence-corrected chi connectivity index (χ2v) is 3.27. The van der Waals surface area contributed by atoms with Crippen molar-refractivity contribution in [2.75, 3.05) is 0 Å².